The monoisotopic (exact) mass is 332 g/mol. The number of halogens is 4. The third-order valence-electron chi connectivity index (χ3n) is 4.17. The minimum atomic E-state index is -4.22. The first-order valence-corrected chi connectivity index (χ1v) is 7.65. The van der Waals surface area contributed by atoms with Crippen LogP contribution in [0.4, 0.5) is 22.4 Å². The van der Waals surface area contributed by atoms with Gasteiger partial charge in [0.15, 0.2) is 0 Å². The Morgan fingerprint density at radius 1 is 1.30 bits per heavy atom. The van der Waals surface area contributed by atoms with Gasteiger partial charge in [0, 0.05) is 6.04 Å². The third-order valence-corrected chi connectivity index (χ3v) is 4.17. The number of hydrogen-bond donors (Lipinski definition) is 2. The lowest BCUT2D eigenvalue weighted by atomic mass is 9.85. The lowest BCUT2D eigenvalue weighted by Crippen LogP contribution is -2.46. The Balaban J connectivity index is 1.87. The quantitative estimate of drug-likeness (QED) is 0.796. The molecule has 2 N–H and O–H groups in total. The fraction of sp³-hybridized carbons (Fsp3) is 0.562. The SMILES string of the molecule is C[C@H](NC(=O)N[C@H]1CCC[C@@H](C(F)(F)F)C1)c1cccc(F)c1. The van der Waals surface area contributed by atoms with Gasteiger partial charge in [-0.25, -0.2) is 9.18 Å². The van der Waals surface area contributed by atoms with E-state index < -0.39 is 36.0 Å². The van der Waals surface area contributed by atoms with Crippen molar-refractivity contribution in [3.05, 3.63) is 35.6 Å². The average Bonchev–Trinajstić information content (AvgIpc) is 2.46. The highest BCUT2D eigenvalue weighted by Crippen LogP contribution is 2.37. The summed E-state index contributed by atoms with van der Waals surface area (Å²) in [6, 6.07) is 4.36. The number of carbonyl (C=O) groups excluding carboxylic acids is 1. The van der Waals surface area contributed by atoms with Gasteiger partial charge >= 0.3 is 12.2 Å². The number of amides is 2. The maximum atomic E-state index is 13.2. The molecule has 0 saturated heterocycles. The van der Waals surface area contributed by atoms with E-state index >= 15 is 0 Å². The van der Waals surface area contributed by atoms with Gasteiger partial charge in [-0.3, -0.25) is 0 Å². The van der Waals surface area contributed by atoms with Crippen molar-refractivity contribution in [2.45, 2.75) is 50.9 Å². The molecule has 128 valence electrons. The van der Waals surface area contributed by atoms with Crippen LogP contribution in [-0.4, -0.2) is 18.2 Å². The Hall–Kier alpha value is -1.79. The number of urea groups is 1. The van der Waals surface area contributed by atoms with E-state index in [0.29, 0.717) is 18.4 Å². The van der Waals surface area contributed by atoms with E-state index in [4.69, 9.17) is 0 Å². The standard InChI is InChI=1S/C16H20F4N2O/c1-10(11-4-2-6-13(17)8-11)21-15(23)22-14-7-3-5-12(9-14)16(18,19)20/h2,4,6,8,10,12,14H,3,5,7,9H2,1H3,(H2,21,22,23)/t10-,12+,14-/m0/s1. The third kappa shape index (κ3) is 5.11. The molecule has 0 unspecified atom stereocenters. The summed E-state index contributed by atoms with van der Waals surface area (Å²) in [6.45, 7) is 1.69. The molecule has 1 aromatic rings. The molecule has 0 heterocycles. The lowest BCUT2D eigenvalue weighted by Gasteiger charge is -2.31. The van der Waals surface area contributed by atoms with Crippen LogP contribution in [-0.2, 0) is 0 Å². The molecule has 2 rings (SSSR count). The summed E-state index contributed by atoms with van der Waals surface area (Å²) >= 11 is 0. The summed E-state index contributed by atoms with van der Waals surface area (Å²) in [6.07, 6.45) is -3.22. The zero-order chi connectivity index (χ0) is 17.0. The molecule has 3 atom stereocenters. The van der Waals surface area contributed by atoms with Crippen molar-refractivity contribution in [3.8, 4) is 0 Å². The number of hydrogen-bond acceptors (Lipinski definition) is 1. The summed E-state index contributed by atoms with van der Waals surface area (Å²) in [4.78, 5) is 11.9. The van der Waals surface area contributed by atoms with Gasteiger partial charge in [0.25, 0.3) is 0 Å². The zero-order valence-electron chi connectivity index (χ0n) is 12.8. The highest BCUT2D eigenvalue weighted by atomic mass is 19.4. The van der Waals surface area contributed by atoms with Crippen LogP contribution in [0.2, 0.25) is 0 Å². The van der Waals surface area contributed by atoms with E-state index in [9.17, 15) is 22.4 Å². The van der Waals surface area contributed by atoms with Crippen LogP contribution in [0.15, 0.2) is 24.3 Å². The highest BCUT2D eigenvalue weighted by Gasteiger charge is 2.42. The summed E-state index contributed by atoms with van der Waals surface area (Å²) in [5, 5.41) is 5.22. The molecule has 3 nitrogen and oxygen atoms in total. The topological polar surface area (TPSA) is 41.1 Å². The predicted molar refractivity (Wildman–Crippen MR) is 78.3 cm³/mol. The van der Waals surface area contributed by atoms with Crippen molar-refractivity contribution in [3.63, 3.8) is 0 Å². The zero-order valence-corrected chi connectivity index (χ0v) is 12.8. The summed E-state index contributed by atoms with van der Waals surface area (Å²) in [5.74, 6) is -1.76. The first-order chi connectivity index (χ1) is 10.8. The molecular formula is C16H20F4N2O. The summed E-state index contributed by atoms with van der Waals surface area (Å²) in [5.41, 5.74) is 0.594. The fourth-order valence-electron chi connectivity index (χ4n) is 2.90. The van der Waals surface area contributed by atoms with Crippen molar-refractivity contribution < 1.29 is 22.4 Å². The number of benzene rings is 1. The second kappa shape index (κ2) is 7.19. The highest BCUT2D eigenvalue weighted by molar-refractivity contribution is 5.74. The summed E-state index contributed by atoms with van der Waals surface area (Å²) in [7, 11) is 0. The maximum absolute atomic E-state index is 13.2. The van der Waals surface area contributed by atoms with Crippen molar-refractivity contribution in [2.75, 3.05) is 0 Å². The molecule has 1 aromatic carbocycles. The van der Waals surface area contributed by atoms with Gasteiger partial charge in [-0.05, 0) is 43.9 Å². The molecule has 0 bridgehead atoms. The van der Waals surface area contributed by atoms with E-state index in [1.54, 1.807) is 13.0 Å². The largest absolute Gasteiger partial charge is 0.391 e. The Bertz CT molecular complexity index is 547. The Labute approximate surface area is 132 Å². The van der Waals surface area contributed by atoms with E-state index in [1.165, 1.54) is 18.2 Å². The molecule has 0 aliphatic heterocycles. The number of nitrogens with one attached hydrogen (secondary N) is 2. The number of carbonyl (C=O) groups is 1. The van der Waals surface area contributed by atoms with Gasteiger partial charge in [0.2, 0.25) is 0 Å². The lowest BCUT2D eigenvalue weighted by molar-refractivity contribution is -0.183. The van der Waals surface area contributed by atoms with Crippen molar-refractivity contribution in [1.29, 1.82) is 0 Å². The Morgan fingerprint density at radius 3 is 2.70 bits per heavy atom. The molecule has 0 spiro atoms. The van der Waals surface area contributed by atoms with E-state index in [0.717, 1.165) is 0 Å². The van der Waals surface area contributed by atoms with Gasteiger partial charge in [-0.15, -0.1) is 0 Å². The maximum Gasteiger partial charge on any atom is 0.391 e. The van der Waals surface area contributed by atoms with Crippen LogP contribution in [0, 0.1) is 11.7 Å². The van der Waals surface area contributed by atoms with E-state index in [1.807, 2.05) is 0 Å². The first-order valence-electron chi connectivity index (χ1n) is 7.65. The second-order valence-corrected chi connectivity index (χ2v) is 6.00. The number of rotatable bonds is 3. The molecule has 1 saturated carbocycles. The molecule has 23 heavy (non-hydrogen) atoms. The minimum absolute atomic E-state index is 0.0920. The smallest absolute Gasteiger partial charge is 0.335 e. The van der Waals surface area contributed by atoms with Crippen molar-refractivity contribution in [2.24, 2.45) is 5.92 Å². The second-order valence-electron chi connectivity index (χ2n) is 6.00. The molecule has 7 heteroatoms. The molecule has 0 aromatic heterocycles. The Kier molecular flexibility index (Phi) is 5.49. The summed E-state index contributed by atoms with van der Waals surface area (Å²) < 4.78 is 51.4. The van der Waals surface area contributed by atoms with Gasteiger partial charge < -0.3 is 10.6 Å². The molecule has 2 amide bonds. The predicted octanol–water partition coefficient (Wildman–Crippen LogP) is 4.31. The minimum Gasteiger partial charge on any atom is -0.335 e. The van der Waals surface area contributed by atoms with Gasteiger partial charge in [-0.1, -0.05) is 18.6 Å². The van der Waals surface area contributed by atoms with Crippen LogP contribution < -0.4 is 10.6 Å². The average molecular weight is 332 g/mol. The Morgan fingerprint density at radius 2 is 2.04 bits per heavy atom. The normalized spacial score (nSPS) is 23.2. The van der Waals surface area contributed by atoms with Gasteiger partial charge in [-0.2, -0.15) is 13.2 Å². The molecule has 0 radical (unpaired) electrons. The molecule has 1 aliphatic rings. The van der Waals surface area contributed by atoms with Crippen LogP contribution in [0.3, 0.4) is 0 Å². The first kappa shape index (κ1) is 17.6. The molecular weight excluding hydrogens is 312 g/mol. The van der Waals surface area contributed by atoms with E-state index in [2.05, 4.69) is 10.6 Å². The fourth-order valence-corrected chi connectivity index (χ4v) is 2.90. The van der Waals surface area contributed by atoms with Gasteiger partial charge in [0.1, 0.15) is 5.82 Å². The molecule has 1 fully saturated rings. The van der Waals surface area contributed by atoms with Crippen molar-refractivity contribution >= 4 is 6.03 Å². The number of alkyl halides is 3. The van der Waals surface area contributed by atoms with Gasteiger partial charge in [0.05, 0.1) is 12.0 Å². The van der Waals surface area contributed by atoms with Crippen LogP contribution >= 0.6 is 0 Å². The van der Waals surface area contributed by atoms with Crippen molar-refractivity contribution in [1.82, 2.24) is 10.6 Å². The van der Waals surface area contributed by atoms with E-state index in [-0.39, 0.29) is 12.8 Å². The molecule has 1 aliphatic carbocycles. The van der Waals surface area contributed by atoms with Crippen LogP contribution in [0.25, 0.3) is 0 Å². The van der Waals surface area contributed by atoms with Crippen LogP contribution in [0.5, 0.6) is 0 Å². The van der Waals surface area contributed by atoms with Crippen LogP contribution in [0.1, 0.15) is 44.2 Å².